The van der Waals surface area contributed by atoms with E-state index in [1.54, 1.807) is 19.9 Å². The lowest BCUT2D eigenvalue weighted by atomic mass is 10.0. The first-order chi connectivity index (χ1) is 9.81. The summed E-state index contributed by atoms with van der Waals surface area (Å²) in [6.07, 6.45) is -4.99. The van der Waals surface area contributed by atoms with Crippen LogP contribution in [0.15, 0.2) is 12.1 Å². The highest BCUT2D eigenvalue weighted by Crippen LogP contribution is 2.30. The summed E-state index contributed by atoms with van der Waals surface area (Å²) >= 11 is 0. The van der Waals surface area contributed by atoms with Gasteiger partial charge in [0.2, 0.25) is 0 Å². The Hall–Kier alpha value is -1.74. The number of hydrogen-bond acceptors (Lipinski definition) is 7. The van der Waals surface area contributed by atoms with Crippen molar-refractivity contribution in [2.75, 3.05) is 11.9 Å². The molecule has 1 aliphatic heterocycles. The third-order valence-corrected chi connectivity index (χ3v) is 3.61. The topological polar surface area (TPSA) is 125 Å². The third kappa shape index (κ3) is 3.13. The number of anilines is 1. The Morgan fingerprint density at radius 3 is 2.48 bits per heavy atom. The van der Waals surface area contributed by atoms with Crippen molar-refractivity contribution in [3.63, 3.8) is 0 Å². The van der Waals surface area contributed by atoms with Gasteiger partial charge >= 0.3 is 0 Å². The van der Waals surface area contributed by atoms with E-state index >= 15 is 0 Å². The van der Waals surface area contributed by atoms with Gasteiger partial charge in [-0.1, -0.05) is 0 Å². The van der Waals surface area contributed by atoms with Crippen molar-refractivity contribution in [1.82, 2.24) is 0 Å². The van der Waals surface area contributed by atoms with Crippen LogP contribution in [0.4, 0.5) is 11.4 Å². The molecular weight excluding hydrogens is 280 g/mol. The number of rotatable bonds is 3. The predicted molar refractivity (Wildman–Crippen MR) is 74.0 cm³/mol. The Balaban J connectivity index is 2.27. The summed E-state index contributed by atoms with van der Waals surface area (Å²) < 4.78 is 5.19. The zero-order chi connectivity index (χ0) is 15.7. The highest BCUT2D eigenvalue weighted by molar-refractivity contribution is 5.64. The van der Waals surface area contributed by atoms with Crippen LogP contribution in [0.2, 0.25) is 0 Å². The van der Waals surface area contributed by atoms with Gasteiger partial charge in [-0.15, -0.1) is 0 Å². The van der Waals surface area contributed by atoms with Gasteiger partial charge in [-0.05, 0) is 31.0 Å². The van der Waals surface area contributed by atoms with E-state index < -0.39 is 29.5 Å². The summed E-state index contributed by atoms with van der Waals surface area (Å²) in [6.45, 7) is 3.40. The third-order valence-electron chi connectivity index (χ3n) is 3.61. The van der Waals surface area contributed by atoms with E-state index in [4.69, 9.17) is 4.74 Å². The molecule has 0 aliphatic carbocycles. The fraction of sp³-hybridized carbons (Fsp3) is 0.538. The maximum Gasteiger partial charge on any atom is 0.292 e. The van der Waals surface area contributed by atoms with Gasteiger partial charge in [-0.25, -0.2) is 0 Å². The monoisotopic (exact) mass is 298 g/mol. The summed E-state index contributed by atoms with van der Waals surface area (Å²) in [4.78, 5) is 10.6. The molecule has 1 heterocycles. The Labute approximate surface area is 121 Å². The average molecular weight is 298 g/mol. The van der Waals surface area contributed by atoms with Crippen molar-refractivity contribution in [2.24, 2.45) is 0 Å². The molecule has 1 aromatic carbocycles. The summed E-state index contributed by atoms with van der Waals surface area (Å²) in [5.41, 5.74) is 1.66. The van der Waals surface area contributed by atoms with E-state index in [-0.39, 0.29) is 18.0 Å². The zero-order valence-corrected chi connectivity index (χ0v) is 11.7. The van der Waals surface area contributed by atoms with Crippen LogP contribution >= 0.6 is 0 Å². The fourth-order valence-electron chi connectivity index (χ4n) is 2.15. The van der Waals surface area contributed by atoms with E-state index in [9.17, 15) is 25.4 Å². The zero-order valence-electron chi connectivity index (χ0n) is 11.7. The molecule has 1 aliphatic rings. The number of ether oxygens (including phenoxy) is 1. The minimum atomic E-state index is -1.39. The molecule has 1 saturated heterocycles. The molecule has 116 valence electrons. The molecule has 0 radical (unpaired) electrons. The lowest BCUT2D eigenvalue weighted by Gasteiger charge is -2.35. The number of aliphatic hydroxyl groups is 3. The van der Waals surface area contributed by atoms with Gasteiger partial charge < -0.3 is 25.4 Å². The van der Waals surface area contributed by atoms with Crippen LogP contribution in [0.5, 0.6) is 0 Å². The van der Waals surface area contributed by atoms with E-state index in [1.165, 1.54) is 6.07 Å². The van der Waals surface area contributed by atoms with Crippen LogP contribution in [-0.4, -0.2) is 51.4 Å². The van der Waals surface area contributed by atoms with E-state index in [0.717, 1.165) is 11.1 Å². The Kier molecular flexibility index (Phi) is 4.43. The Bertz CT molecular complexity index is 550. The molecule has 0 aromatic heterocycles. The number of nitro groups is 1. The van der Waals surface area contributed by atoms with Crippen molar-refractivity contribution >= 4 is 11.4 Å². The van der Waals surface area contributed by atoms with Gasteiger partial charge in [0, 0.05) is 6.07 Å². The highest BCUT2D eigenvalue weighted by Gasteiger charge is 2.38. The number of aryl methyl sites for hydroxylation is 2. The molecule has 4 atom stereocenters. The molecule has 1 fully saturated rings. The van der Waals surface area contributed by atoms with Crippen molar-refractivity contribution < 1.29 is 25.0 Å². The van der Waals surface area contributed by atoms with Crippen LogP contribution in [0.1, 0.15) is 11.1 Å². The maximum atomic E-state index is 11.1. The molecule has 8 nitrogen and oxygen atoms in total. The second-order valence-corrected chi connectivity index (χ2v) is 5.16. The molecule has 0 spiro atoms. The SMILES string of the molecule is Cc1cc(N[C@@H]2OC[C@@H](O)[C@@H](O)[C@H]2O)c([N+](=O)[O-])cc1C. The number of benzene rings is 1. The largest absolute Gasteiger partial charge is 0.388 e. The van der Waals surface area contributed by atoms with Crippen molar-refractivity contribution in [3.8, 4) is 0 Å². The van der Waals surface area contributed by atoms with Gasteiger partial charge in [0.25, 0.3) is 5.69 Å². The van der Waals surface area contributed by atoms with Gasteiger partial charge in [0.05, 0.1) is 11.5 Å². The Morgan fingerprint density at radius 1 is 1.24 bits per heavy atom. The average Bonchev–Trinajstić information content (AvgIpc) is 2.43. The number of nitro benzene ring substituents is 1. The number of nitrogens with one attached hydrogen (secondary N) is 1. The first kappa shape index (κ1) is 15.6. The summed E-state index contributed by atoms with van der Waals surface area (Å²) in [6, 6.07) is 3.01. The van der Waals surface area contributed by atoms with E-state index in [1.807, 2.05) is 0 Å². The van der Waals surface area contributed by atoms with Crippen molar-refractivity contribution in [1.29, 1.82) is 0 Å². The lowest BCUT2D eigenvalue weighted by molar-refractivity contribution is -0.384. The molecular formula is C13H18N2O6. The minimum Gasteiger partial charge on any atom is -0.388 e. The molecule has 2 rings (SSSR count). The van der Waals surface area contributed by atoms with Gasteiger partial charge in [0.15, 0.2) is 6.23 Å². The van der Waals surface area contributed by atoms with Gasteiger partial charge in [-0.3, -0.25) is 10.1 Å². The summed E-state index contributed by atoms with van der Waals surface area (Å²) in [5.74, 6) is 0. The predicted octanol–water partition coefficient (Wildman–Crippen LogP) is 0.0625. The van der Waals surface area contributed by atoms with Crippen LogP contribution in [0.3, 0.4) is 0 Å². The maximum absolute atomic E-state index is 11.1. The normalized spacial score (nSPS) is 29.2. The second-order valence-electron chi connectivity index (χ2n) is 5.16. The van der Waals surface area contributed by atoms with Crippen molar-refractivity contribution in [2.45, 2.75) is 38.4 Å². The Morgan fingerprint density at radius 2 is 1.86 bits per heavy atom. The van der Waals surface area contributed by atoms with Gasteiger partial charge in [-0.2, -0.15) is 0 Å². The second kappa shape index (κ2) is 5.94. The quantitative estimate of drug-likeness (QED) is 0.459. The fourth-order valence-corrected chi connectivity index (χ4v) is 2.15. The molecule has 4 N–H and O–H groups in total. The molecule has 0 saturated carbocycles. The van der Waals surface area contributed by atoms with E-state index in [2.05, 4.69) is 5.32 Å². The van der Waals surface area contributed by atoms with Crippen LogP contribution in [0, 0.1) is 24.0 Å². The molecule has 0 unspecified atom stereocenters. The van der Waals surface area contributed by atoms with Crippen molar-refractivity contribution in [3.05, 3.63) is 33.4 Å². The number of aliphatic hydroxyl groups excluding tert-OH is 3. The summed E-state index contributed by atoms with van der Waals surface area (Å²) in [7, 11) is 0. The molecule has 1 aromatic rings. The first-order valence-electron chi connectivity index (χ1n) is 6.49. The summed E-state index contributed by atoms with van der Waals surface area (Å²) in [5, 5.41) is 42.7. The minimum absolute atomic E-state index is 0.144. The molecule has 21 heavy (non-hydrogen) atoms. The van der Waals surface area contributed by atoms with Crippen LogP contribution in [0.25, 0.3) is 0 Å². The standard InChI is InChI=1S/C13H18N2O6/c1-6-3-8(9(15(19)20)4-7(6)2)14-13-12(18)11(17)10(16)5-21-13/h3-4,10-14,16-18H,5H2,1-2H3/t10-,11-,12-,13-/m1/s1. The lowest BCUT2D eigenvalue weighted by Crippen LogP contribution is -2.55. The molecule has 0 amide bonds. The number of nitrogens with zero attached hydrogens (tertiary/aromatic N) is 1. The van der Waals surface area contributed by atoms with Crippen LogP contribution in [-0.2, 0) is 4.74 Å². The number of hydrogen-bond donors (Lipinski definition) is 4. The smallest absolute Gasteiger partial charge is 0.292 e. The molecule has 8 heteroatoms. The van der Waals surface area contributed by atoms with Crippen LogP contribution < -0.4 is 5.32 Å². The highest BCUT2D eigenvalue weighted by atomic mass is 16.6. The first-order valence-corrected chi connectivity index (χ1v) is 6.49. The van der Waals surface area contributed by atoms with Gasteiger partial charge in [0.1, 0.15) is 24.0 Å². The molecule has 0 bridgehead atoms. The van der Waals surface area contributed by atoms with E-state index in [0.29, 0.717) is 0 Å².